The molecule has 0 radical (unpaired) electrons. The molecule has 0 bridgehead atoms. The summed E-state index contributed by atoms with van der Waals surface area (Å²) in [6.45, 7) is 4.32. The number of nitrogens with one attached hydrogen (secondary N) is 1. The first-order chi connectivity index (χ1) is 8.74. The molecule has 2 aromatic heterocycles. The van der Waals surface area contributed by atoms with E-state index in [1.165, 1.54) is 5.39 Å². The molecule has 0 unspecified atom stereocenters. The molecule has 3 rings (SSSR count). The molecule has 0 fully saturated rings. The molecule has 1 N–H and O–H groups in total. The minimum Gasteiger partial charge on any atom is -0.441 e. The van der Waals surface area contributed by atoms with Gasteiger partial charge in [0.05, 0.1) is 6.20 Å². The SMILES string of the molecule is CC(C)Cc1ncc(-c2c[nH]c3ccccc23)o1. The van der Waals surface area contributed by atoms with Gasteiger partial charge in [-0.3, -0.25) is 0 Å². The second kappa shape index (κ2) is 4.33. The van der Waals surface area contributed by atoms with Crippen LogP contribution in [0.5, 0.6) is 0 Å². The molecule has 0 saturated heterocycles. The first kappa shape index (κ1) is 11.1. The maximum atomic E-state index is 5.82. The predicted molar refractivity (Wildman–Crippen MR) is 72.3 cm³/mol. The van der Waals surface area contributed by atoms with Gasteiger partial charge in [0.25, 0.3) is 0 Å². The minimum absolute atomic E-state index is 0.555. The van der Waals surface area contributed by atoms with E-state index in [4.69, 9.17) is 4.42 Å². The standard InChI is InChI=1S/C15H16N2O/c1-10(2)7-15-17-9-14(18-15)12-8-16-13-6-4-3-5-11(12)13/h3-6,8-10,16H,7H2,1-2H3. The molecule has 0 amide bonds. The summed E-state index contributed by atoms with van der Waals surface area (Å²) in [6.07, 6.45) is 4.67. The van der Waals surface area contributed by atoms with E-state index in [0.717, 1.165) is 29.2 Å². The molecule has 0 aliphatic carbocycles. The molecule has 3 heteroatoms. The van der Waals surface area contributed by atoms with E-state index < -0.39 is 0 Å². The van der Waals surface area contributed by atoms with Gasteiger partial charge in [-0.25, -0.2) is 4.98 Å². The Balaban J connectivity index is 2.01. The first-order valence-corrected chi connectivity index (χ1v) is 6.25. The van der Waals surface area contributed by atoms with Crippen LogP contribution in [-0.2, 0) is 6.42 Å². The number of H-pyrrole nitrogens is 1. The van der Waals surface area contributed by atoms with Gasteiger partial charge in [0.15, 0.2) is 11.7 Å². The minimum atomic E-state index is 0.555. The highest BCUT2D eigenvalue weighted by Gasteiger charge is 2.11. The van der Waals surface area contributed by atoms with Crippen molar-refractivity contribution >= 4 is 10.9 Å². The van der Waals surface area contributed by atoms with Gasteiger partial charge in [0.2, 0.25) is 0 Å². The Morgan fingerprint density at radius 2 is 2.11 bits per heavy atom. The van der Waals surface area contributed by atoms with Gasteiger partial charge in [-0.2, -0.15) is 0 Å². The van der Waals surface area contributed by atoms with E-state index in [1.807, 2.05) is 24.5 Å². The van der Waals surface area contributed by atoms with Gasteiger partial charge >= 0.3 is 0 Å². The highest BCUT2D eigenvalue weighted by Crippen LogP contribution is 2.29. The third-order valence-electron chi connectivity index (χ3n) is 2.99. The van der Waals surface area contributed by atoms with Gasteiger partial charge in [0.1, 0.15) is 0 Å². The summed E-state index contributed by atoms with van der Waals surface area (Å²) in [5, 5.41) is 1.17. The summed E-state index contributed by atoms with van der Waals surface area (Å²) < 4.78 is 5.82. The molecule has 0 aliphatic heterocycles. The average molecular weight is 240 g/mol. The van der Waals surface area contributed by atoms with Crippen molar-refractivity contribution in [1.82, 2.24) is 9.97 Å². The van der Waals surface area contributed by atoms with Crippen LogP contribution in [-0.4, -0.2) is 9.97 Å². The number of aromatic nitrogens is 2. The van der Waals surface area contributed by atoms with Gasteiger partial charge in [-0.1, -0.05) is 32.0 Å². The Morgan fingerprint density at radius 3 is 2.94 bits per heavy atom. The third-order valence-corrected chi connectivity index (χ3v) is 2.99. The van der Waals surface area contributed by atoms with Crippen molar-refractivity contribution in [2.45, 2.75) is 20.3 Å². The van der Waals surface area contributed by atoms with E-state index in [1.54, 1.807) is 0 Å². The van der Waals surface area contributed by atoms with Crippen molar-refractivity contribution in [2.24, 2.45) is 5.92 Å². The lowest BCUT2D eigenvalue weighted by Crippen LogP contribution is -1.92. The second-order valence-corrected chi connectivity index (χ2v) is 4.96. The van der Waals surface area contributed by atoms with E-state index >= 15 is 0 Å². The Labute approximate surface area is 106 Å². The fourth-order valence-electron chi connectivity index (χ4n) is 2.15. The lowest BCUT2D eigenvalue weighted by Gasteiger charge is -1.98. The second-order valence-electron chi connectivity index (χ2n) is 4.96. The quantitative estimate of drug-likeness (QED) is 0.751. The van der Waals surface area contributed by atoms with Crippen LogP contribution >= 0.6 is 0 Å². The lowest BCUT2D eigenvalue weighted by atomic mass is 10.1. The highest BCUT2D eigenvalue weighted by atomic mass is 16.4. The monoisotopic (exact) mass is 240 g/mol. The molecule has 92 valence electrons. The van der Waals surface area contributed by atoms with Crippen LogP contribution < -0.4 is 0 Å². The van der Waals surface area contributed by atoms with Crippen LogP contribution in [0.25, 0.3) is 22.2 Å². The summed E-state index contributed by atoms with van der Waals surface area (Å²) in [5.41, 5.74) is 2.20. The number of aromatic amines is 1. The molecular weight excluding hydrogens is 224 g/mol. The topological polar surface area (TPSA) is 41.8 Å². The molecule has 2 heterocycles. The zero-order chi connectivity index (χ0) is 12.5. The summed E-state index contributed by atoms with van der Waals surface area (Å²) in [5.74, 6) is 2.20. The smallest absolute Gasteiger partial charge is 0.195 e. The van der Waals surface area contributed by atoms with Crippen LogP contribution in [0.15, 0.2) is 41.1 Å². The van der Waals surface area contributed by atoms with Crippen LogP contribution in [0, 0.1) is 5.92 Å². The molecule has 3 nitrogen and oxygen atoms in total. The lowest BCUT2D eigenvalue weighted by molar-refractivity contribution is 0.466. The maximum Gasteiger partial charge on any atom is 0.195 e. The van der Waals surface area contributed by atoms with Crippen molar-refractivity contribution < 1.29 is 4.42 Å². The number of hydrogen-bond acceptors (Lipinski definition) is 2. The van der Waals surface area contributed by atoms with Gasteiger partial charge in [-0.15, -0.1) is 0 Å². The number of benzene rings is 1. The number of hydrogen-bond donors (Lipinski definition) is 1. The number of rotatable bonds is 3. The molecule has 3 aromatic rings. The molecule has 1 aromatic carbocycles. The fourth-order valence-corrected chi connectivity index (χ4v) is 2.15. The summed E-state index contributed by atoms with van der Waals surface area (Å²) in [6, 6.07) is 8.20. The molecule has 0 spiro atoms. The van der Waals surface area contributed by atoms with Crippen molar-refractivity contribution in [3.05, 3.63) is 42.5 Å². The number of oxazole rings is 1. The van der Waals surface area contributed by atoms with Gasteiger partial charge in [-0.05, 0) is 12.0 Å². The number of nitrogens with zero attached hydrogens (tertiary/aromatic N) is 1. The fraction of sp³-hybridized carbons (Fsp3) is 0.267. The highest BCUT2D eigenvalue weighted by molar-refractivity contribution is 5.93. The summed E-state index contributed by atoms with van der Waals surface area (Å²) in [4.78, 5) is 7.59. The van der Waals surface area contributed by atoms with E-state index in [0.29, 0.717) is 5.92 Å². The van der Waals surface area contributed by atoms with Gasteiger partial charge < -0.3 is 9.40 Å². The molecule has 0 aliphatic rings. The normalized spacial score (nSPS) is 11.5. The zero-order valence-electron chi connectivity index (χ0n) is 10.6. The largest absolute Gasteiger partial charge is 0.441 e. The Morgan fingerprint density at radius 1 is 1.28 bits per heavy atom. The summed E-state index contributed by atoms with van der Waals surface area (Å²) >= 11 is 0. The van der Waals surface area contributed by atoms with Crippen molar-refractivity contribution in [3.63, 3.8) is 0 Å². The Bertz CT molecular complexity index is 664. The van der Waals surface area contributed by atoms with E-state index in [-0.39, 0.29) is 0 Å². The zero-order valence-corrected chi connectivity index (χ0v) is 10.6. The Hall–Kier alpha value is -2.03. The number of para-hydroxylation sites is 1. The molecular formula is C15H16N2O. The summed E-state index contributed by atoms with van der Waals surface area (Å²) in [7, 11) is 0. The molecule has 0 atom stereocenters. The van der Waals surface area contributed by atoms with Crippen molar-refractivity contribution in [2.75, 3.05) is 0 Å². The van der Waals surface area contributed by atoms with Crippen LogP contribution in [0.1, 0.15) is 19.7 Å². The molecule has 18 heavy (non-hydrogen) atoms. The van der Waals surface area contributed by atoms with Crippen LogP contribution in [0.3, 0.4) is 0 Å². The van der Waals surface area contributed by atoms with Gasteiger partial charge in [0, 0.05) is 29.1 Å². The predicted octanol–water partition coefficient (Wildman–Crippen LogP) is 4.02. The first-order valence-electron chi connectivity index (χ1n) is 6.25. The third kappa shape index (κ3) is 1.92. The van der Waals surface area contributed by atoms with Crippen molar-refractivity contribution in [1.29, 1.82) is 0 Å². The molecule has 0 saturated carbocycles. The van der Waals surface area contributed by atoms with Crippen LogP contribution in [0.2, 0.25) is 0 Å². The maximum absolute atomic E-state index is 5.82. The van der Waals surface area contributed by atoms with Crippen LogP contribution in [0.4, 0.5) is 0 Å². The average Bonchev–Trinajstić information content (AvgIpc) is 2.94. The van der Waals surface area contributed by atoms with E-state index in [9.17, 15) is 0 Å². The van der Waals surface area contributed by atoms with E-state index in [2.05, 4.69) is 35.9 Å². The number of fused-ring (bicyclic) bond motifs is 1. The van der Waals surface area contributed by atoms with Crippen molar-refractivity contribution in [3.8, 4) is 11.3 Å². The Kier molecular flexibility index (Phi) is 2.67.